The molecule has 0 N–H and O–H groups in total. The Balaban J connectivity index is 1.94. The van der Waals surface area contributed by atoms with Gasteiger partial charge in [-0.2, -0.15) is 21.6 Å². The summed E-state index contributed by atoms with van der Waals surface area (Å²) in [5, 5.41) is -0.188. The van der Waals surface area contributed by atoms with Crippen LogP contribution in [0.1, 0.15) is 93.6 Å². The Morgan fingerprint density at radius 2 is 1.67 bits per heavy atom. The van der Waals surface area contributed by atoms with Gasteiger partial charge in [0.2, 0.25) is 0 Å². The molecule has 0 saturated carbocycles. The zero-order valence-electron chi connectivity index (χ0n) is 29.4. The van der Waals surface area contributed by atoms with E-state index in [0.717, 1.165) is 25.1 Å². The van der Waals surface area contributed by atoms with Crippen molar-refractivity contribution in [2.45, 2.75) is 128 Å². The summed E-state index contributed by atoms with van der Waals surface area (Å²) >= 11 is 0. The van der Waals surface area contributed by atoms with Gasteiger partial charge in [0, 0.05) is 30.8 Å². The molecule has 1 saturated heterocycles. The molecule has 15 heteroatoms. The minimum atomic E-state index is -6.11. The normalized spacial score (nSPS) is 16.9. The average molecular weight is 723 g/mol. The van der Waals surface area contributed by atoms with Gasteiger partial charge in [-0.05, 0) is 69.5 Å². The number of aromatic nitrogens is 1. The number of carbonyl (C=O) groups excluding carboxylic acids is 1. The molecule has 1 amide bonds. The molecule has 1 fully saturated rings. The number of hydrogen-bond acceptors (Lipinski definition) is 8. The molecule has 1 aromatic carbocycles. The van der Waals surface area contributed by atoms with Crippen LogP contribution in [0.2, 0.25) is 16.6 Å². The Morgan fingerprint density at radius 1 is 1.04 bits per heavy atom. The minimum Gasteiger partial charge on any atom is -0.543 e. The Hall–Kier alpha value is -2.65. The number of amides is 1. The zero-order chi connectivity index (χ0) is 36.2. The highest BCUT2D eigenvalue weighted by Crippen LogP contribution is 2.45. The molecular formula is C33H50F4N2O7SSi. The lowest BCUT2D eigenvalue weighted by atomic mass is 10.0. The predicted molar refractivity (Wildman–Crippen MR) is 179 cm³/mol. The van der Waals surface area contributed by atoms with Gasteiger partial charge in [0.25, 0.3) is 8.32 Å². The van der Waals surface area contributed by atoms with Crippen molar-refractivity contribution in [3.63, 3.8) is 0 Å². The SMILES string of the molecule is CC(C)[Si](Oc1cc(OS(=O)(=O)C(F)(F)F)c2c(CCCO[C@@H]3CCCCN(C(=O)OC(C)(C)C)C3)c(F)cnc2c1)(C(C)C)C(C)C. The zero-order valence-corrected chi connectivity index (χ0v) is 31.2. The molecule has 3 rings (SSSR count). The summed E-state index contributed by atoms with van der Waals surface area (Å²) in [6, 6.07) is 2.59. The summed E-state index contributed by atoms with van der Waals surface area (Å²) in [5.41, 5.74) is -6.10. The number of alkyl halides is 3. The van der Waals surface area contributed by atoms with E-state index >= 15 is 4.39 Å². The van der Waals surface area contributed by atoms with Crippen LogP contribution in [0.3, 0.4) is 0 Å². The van der Waals surface area contributed by atoms with Crippen molar-refractivity contribution < 1.29 is 48.9 Å². The van der Waals surface area contributed by atoms with E-state index in [4.69, 9.17) is 18.1 Å². The van der Waals surface area contributed by atoms with Gasteiger partial charge in [-0.25, -0.2) is 9.18 Å². The molecule has 1 aromatic heterocycles. The molecule has 0 unspecified atom stereocenters. The molecule has 0 radical (unpaired) electrons. The molecule has 1 atom stereocenters. The number of pyridine rings is 1. The maximum Gasteiger partial charge on any atom is 0.534 e. The third-order valence-corrected chi connectivity index (χ3v) is 15.6. The summed E-state index contributed by atoms with van der Waals surface area (Å²) in [6.07, 6.45) is 2.79. The minimum absolute atomic E-state index is 0.0152. The van der Waals surface area contributed by atoms with E-state index in [2.05, 4.69) is 4.98 Å². The fourth-order valence-electron chi connectivity index (χ4n) is 6.63. The second-order valence-corrected chi connectivity index (χ2v) is 21.2. The van der Waals surface area contributed by atoms with Gasteiger partial charge in [0.15, 0.2) is 5.75 Å². The van der Waals surface area contributed by atoms with Crippen LogP contribution in [0.25, 0.3) is 10.9 Å². The Bertz CT molecular complexity index is 1510. The van der Waals surface area contributed by atoms with E-state index in [1.165, 1.54) is 6.07 Å². The summed E-state index contributed by atoms with van der Waals surface area (Å²) in [5.74, 6) is -1.43. The van der Waals surface area contributed by atoms with Crippen molar-refractivity contribution in [2.24, 2.45) is 0 Å². The summed E-state index contributed by atoms with van der Waals surface area (Å²) < 4.78 is 103. The van der Waals surface area contributed by atoms with E-state index in [-0.39, 0.29) is 64.4 Å². The van der Waals surface area contributed by atoms with Gasteiger partial charge in [-0.15, -0.1) is 0 Å². The fraction of sp³-hybridized carbons (Fsp3) is 0.697. The lowest BCUT2D eigenvalue weighted by Crippen LogP contribution is -2.50. The lowest BCUT2D eigenvalue weighted by Gasteiger charge is -2.42. The van der Waals surface area contributed by atoms with Crippen molar-refractivity contribution in [1.82, 2.24) is 9.88 Å². The van der Waals surface area contributed by atoms with Crippen LogP contribution >= 0.6 is 0 Å². The maximum atomic E-state index is 15.4. The standard InChI is InChI=1S/C33H50F4N2O7SSi/c1-21(2)48(22(3)4,23(5)6)46-25-17-28-30(29(18-25)45-47(41,42)33(35,36)37)26(27(34)19-38-28)14-12-16-43-24-13-10-11-15-39(20-24)31(40)44-32(7,8)9/h17-19,21-24H,10-16,20H2,1-9H3/t24-/m1/s1. The Labute approximate surface area is 282 Å². The van der Waals surface area contributed by atoms with E-state index < -0.39 is 47.2 Å². The number of rotatable bonds is 12. The first-order valence-corrected chi connectivity index (χ1v) is 20.0. The monoisotopic (exact) mass is 722 g/mol. The lowest BCUT2D eigenvalue weighted by molar-refractivity contribution is -0.0499. The van der Waals surface area contributed by atoms with Gasteiger partial charge < -0.3 is 23.0 Å². The third kappa shape index (κ3) is 9.52. The van der Waals surface area contributed by atoms with E-state index in [1.807, 2.05) is 41.5 Å². The Kier molecular flexibility index (Phi) is 12.8. The van der Waals surface area contributed by atoms with Crippen LogP contribution in [0.15, 0.2) is 18.3 Å². The maximum absolute atomic E-state index is 15.4. The molecule has 0 spiro atoms. The number of carbonyl (C=O) groups is 1. The average Bonchev–Trinajstić information content (AvgIpc) is 3.18. The van der Waals surface area contributed by atoms with Crippen LogP contribution in [0.4, 0.5) is 22.4 Å². The highest BCUT2D eigenvalue weighted by molar-refractivity contribution is 7.88. The summed E-state index contributed by atoms with van der Waals surface area (Å²) in [6.45, 7) is 18.5. The number of fused-ring (bicyclic) bond motifs is 1. The van der Waals surface area contributed by atoms with Crippen LogP contribution in [0.5, 0.6) is 11.5 Å². The third-order valence-electron chi connectivity index (χ3n) is 8.65. The number of aryl methyl sites for hydroxylation is 1. The van der Waals surface area contributed by atoms with Crippen molar-refractivity contribution in [3.05, 3.63) is 29.7 Å². The molecule has 0 aliphatic carbocycles. The highest BCUT2D eigenvalue weighted by Gasteiger charge is 2.50. The van der Waals surface area contributed by atoms with Crippen molar-refractivity contribution in [1.29, 1.82) is 0 Å². The Morgan fingerprint density at radius 3 is 2.23 bits per heavy atom. The van der Waals surface area contributed by atoms with Gasteiger partial charge >= 0.3 is 21.7 Å². The van der Waals surface area contributed by atoms with Crippen LogP contribution < -0.4 is 8.61 Å². The first-order valence-electron chi connectivity index (χ1n) is 16.5. The molecule has 1 aliphatic rings. The first kappa shape index (κ1) is 39.8. The number of halogens is 4. The van der Waals surface area contributed by atoms with Gasteiger partial charge in [-0.3, -0.25) is 4.98 Å². The van der Waals surface area contributed by atoms with Crippen LogP contribution in [-0.4, -0.2) is 69.6 Å². The second kappa shape index (κ2) is 15.5. The topological polar surface area (TPSA) is 104 Å². The fourth-order valence-corrected chi connectivity index (χ4v) is 12.3. The number of likely N-dealkylation sites (tertiary alicyclic amines) is 1. The number of hydrogen-bond donors (Lipinski definition) is 0. The smallest absolute Gasteiger partial charge is 0.534 e. The van der Waals surface area contributed by atoms with Crippen molar-refractivity contribution >= 4 is 35.4 Å². The van der Waals surface area contributed by atoms with E-state index in [1.54, 1.807) is 25.7 Å². The number of ether oxygens (including phenoxy) is 2. The first-order chi connectivity index (χ1) is 22.1. The molecule has 2 aromatic rings. The second-order valence-electron chi connectivity index (χ2n) is 14.3. The summed E-state index contributed by atoms with van der Waals surface area (Å²) in [4.78, 5) is 18.4. The summed E-state index contributed by atoms with van der Waals surface area (Å²) in [7, 11) is -8.76. The number of benzene rings is 1. The number of nitrogens with zero attached hydrogens (tertiary/aromatic N) is 2. The molecule has 48 heavy (non-hydrogen) atoms. The van der Waals surface area contributed by atoms with Crippen LogP contribution in [0, 0.1) is 5.82 Å². The van der Waals surface area contributed by atoms with Gasteiger partial charge in [0.1, 0.15) is 17.2 Å². The van der Waals surface area contributed by atoms with Gasteiger partial charge in [-0.1, -0.05) is 41.5 Å². The largest absolute Gasteiger partial charge is 0.543 e. The van der Waals surface area contributed by atoms with Crippen LogP contribution in [-0.2, 0) is 26.0 Å². The van der Waals surface area contributed by atoms with Crippen molar-refractivity contribution in [2.75, 3.05) is 19.7 Å². The molecule has 1 aliphatic heterocycles. The predicted octanol–water partition coefficient (Wildman–Crippen LogP) is 8.90. The van der Waals surface area contributed by atoms with Gasteiger partial charge in [0.05, 0.1) is 29.7 Å². The quantitative estimate of drug-likeness (QED) is 0.0704. The highest BCUT2D eigenvalue weighted by atomic mass is 32.2. The molecular weight excluding hydrogens is 673 g/mol. The molecule has 272 valence electrons. The molecule has 9 nitrogen and oxygen atoms in total. The van der Waals surface area contributed by atoms with E-state index in [0.29, 0.717) is 19.5 Å². The van der Waals surface area contributed by atoms with E-state index in [9.17, 15) is 26.4 Å². The van der Waals surface area contributed by atoms with Crippen molar-refractivity contribution in [3.8, 4) is 11.5 Å². The molecule has 2 heterocycles. The molecule has 0 bridgehead atoms.